The Bertz CT molecular complexity index is 590. The molecular formula is C23H39N5O. The molecule has 1 aliphatic carbocycles. The van der Waals surface area contributed by atoms with Crippen LogP contribution in [0.4, 0.5) is 5.82 Å². The van der Waals surface area contributed by atoms with E-state index in [1.807, 2.05) is 13.2 Å². The Morgan fingerprint density at radius 3 is 2.52 bits per heavy atom. The molecule has 0 unspecified atom stereocenters. The lowest BCUT2D eigenvalue weighted by Gasteiger charge is -2.22. The Labute approximate surface area is 176 Å². The number of ether oxygens (including phenoxy) is 1. The standard InChI is InChI=1S/C23H39N5O/c1-24-23(25-14-9-17-29-21-10-5-4-6-11-21)27-19-20-12-13-22(26-18-20)28-15-7-2-3-8-16-28/h12-13,18,21H,2-11,14-17,19H2,1H3,(H2,24,25,27). The number of aromatic nitrogens is 1. The van der Waals surface area contributed by atoms with E-state index in [9.17, 15) is 0 Å². The number of nitrogens with zero attached hydrogens (tertiary/aromatic N) is 3. The number of guanidine groups is 1. The number of aliphatic imine (C=N–C) groups is 1. The van der Waals surface area contributed by atoms with Gasteiger partial charge in [-0.15, -0.1) is 0 Å². The molecule has 6 heteroatoms. The fraction of sp³-hybridized carbons (Fsp3) is 0.739. The summed E-state index contributed by atoms with van der Waals surface area (Å²) in [5.41, 5.74) is 1.17. The largest absolute Gasteiger partial charge is 0.378 e. The highest BCUT2D eigenvalue weighted by Crippen LogP contribution is 2.20. The van der Waals surface area contributed by atoms with Crippen LogP contribution in [0.25, 0.3) is 0 Å². The lowest BCUT2D eigenvalue weighted by atomic mass is 9.98. The maximum Gasteiger partial charge on any atom is 0.191 e. The third kappa shape index (κ3) is 7.84. The highest BCUT2D eigenvalue weighted by atomic mass is 16.5. The average molecular weight is 402 g/mol. The van der Waals surface area contributed by atoms with E-state index in [1.54, 1.807) is 0 Å². The van der Waals surface area contributed by atoms with E-state index in [0.717, 1.165) is 51.0 Å². The molecule has 0 bridgehead atoms. The molecule has 2 heterocycles. The van der Waals surface area contributed by atoms with Crippen molar-refractivity contribution in [3.8, 4) is 0 Å². The number of hydrogen-bond acceptors (Lipinski definition) is 4. The Kier molecular flexibility index (Phi) is 9.57. The summed E-state index contributed by atoms with van der Waals surface area (Å²) in [6.07, 6.45) is 15.2. The number of anilines is 1. The highest BCUT2D eigenvalue weighted by Gasteiger charge is 2.13. The molecule has 1 saturated carbocycles. The molecule has 2 aliphatic rings. The molecule has 1 aliphatic heterocycles. The summed E-state index contributed by atoms with van der Waals surface area (Å²) in [5, 5.41) is 6.76. The SMILES string of the molecule is CN=C(NCCCOC1CCCCC1)NCc1ccc(N2CCCCCC2)nc1. The number of hydrogen-bond donors (Lipinski definition) is 2. The zero-order chi connectivity index (χ0) is 20.2. The van der Waals surface area contributed by atoms with E-state index in [1.165, 1.54) is 63.4 Å². The van der Waals surface area contributed by atoms with E-state index in [0.29, 0.717) is 6.10 Å². The molecule has 0 atom stereocenters. The summed E-state index contributed by atoms with van der Waals surface area (Å²) in [6.45, 7) is 4.69. The van der Waals surface area contributed by atoms with E-state index in [4.69, 9.17) is 4.74 Å². The molecule has 2 fully saturated rings. The average Bonchev–Trinajstić information content (AvgIpc) is 3.06. The van der Waals surface area contributed by atoms with Crippen molar-refractivity contribution in [2.45, 2.75) is 76.9 Å². The molecule has 0 spiro atoms. The minimum atomic E-state index is 0.492. The fourth-order valence-corrected chi connectivity index (χ4v) is 4.18. The van der Waals surface area contributed by atoms with Gasteiger partial charge >= 0.3 is 0 Å². The number of nitrogens with one attached hydrogen (secondary N) is 2. The lowest BCUT2D eigenvalue weighted by Crippen LogP contribution is -2.37. The van der Waals surface area contributed by atoms with Gasteiger partial charge in [-0.1, -0.05) is 38.2 Å². The van der Waals surface area contributed by atoms with Crippen LogP contribution in [0.2, 0.25) is 0 Å². The van der Waals surface area contributed by atoms with Gasteiger partial charge in [0.1, 0.15) is 5.82 Å². The molecule has 29 heavy (non-hydrogen) atoms. The minimum absolute atomic E-state index is 0.492. The van der Waals surface area contributed by atoms with Gasteiger partial charge in [0.2, 0.25) is 0 Å². The van der Waals surface area contributed by atoms with E-state index < -0.39 is 0 Å². The van der Waals surface area contributed by atoms with Crippen LogP contribution in [-0.4, -0.2) is 50.3 Å². The maximum absolute atomic E-state index is 5.98. The molecule has 0 aromatic carbocycles. The number of rotatable bonds is 8. The van der Waals surface area contributed by atoms with Crippen molar-refractivity contribution < 1.29 is 4.74 Å². The second-order valence-corrected chi connectivity index (χ2v) is 8.26. The molecule has 0 radical (unpaired) electrons. The van der Waals surface area contributed by atoms with Crippen molar-refractivity contribution >= 4 is 11.8 Å². The van der Waals surface area contributed by atoms with Crippen LogP contribution in [0.1, 0.15) is 69.8 Å². The summed E-state index contributed by atoms with van der Waals surface area (Å²) in [6, 6.07) is 4.33. The summed E-state index contributed by atoms with van der Waals surface area (Å²) in [4.78, 5) is 11.4. The molecule has 1 aromatic heterocycles. The van der Waals surface area contributed by atoms with Crippen molar-refractivity contribution in [3.63, 3.8) is 0 Å². The number of pyridine rings is 1. The van der Waals surface area contributed by atoms with Crippen molar-refractivity contribution in [2.75, 3.05) is 38.2 Å². The quantitative estimate of drug-likeness (QED) is 0.393. The summed E-state index contributed by atoms with van der Waals surface area (Å²) in [7, 11) is 1.81. The van der Waals surface area contributed by atoms with Gasteiger partial charge in [-0.2, -0.15) is 0 Å². The second-order valence-electron chi connectivity index (χ2n) is 8.26. The third-order valence-electron chi connectivity index (χ3n) is 5.94. The molecule has 3 rings (SSSR count). The van der Waals surface area contributed by atoms with Gasteiger partial charge in [-0.25, -0.2) is 4.98 Å². The Morgan fingerprint density at radius 1 is 1.07 bits per heavy atom. The molecule has 0 amide bonds. The normalized spacial score (nSPS) is 19.1. The van der Waals surface area contributed by atoms with Crippen LogP contribution in [-0.2, 0) is 11.3 Å². The molecule has 1 aromatic rings. The minimum Gasteiger partial charge on any atom is -0.378 e. The van der Waals surface area contributed by atoms with Crippen LogP contribution >= 0.6 is 0 Å². The Hall–Kier alpha value is -1.82. The smallest absolute Gasteiger partial charge is 0.191 e. The maximum atomic E-state index is 5.98. The molecular weight excluding hydrogens is 362 g/mol. The van der Waals surface area contributed by atoms with Gasteiger partial charge < -0.3 is 20.3 Å². The van der Waals surface area contributed by atoms with Gasteiger partial charge in [0.25, 0.3) is 0 Å². The van der Waals surface area contributed by atoms with Crippen molar-refractivity contribution in [2.24, 2.45) is 4.99 Å². The predicted octanol–water partition coefficient (Wildman–Crippen LogP) is 3.87. The second kappa shape index (κ2) is 12.7. The van der Waals surface area contributed by atoms with Gasteiger partial charge in [0.05, 0.1) is 6.10 Å². The first-order chi connectivity index (χ1) is 14.3. The summed E-state index contributed by atoms with van der Waals surface area (Å²) >= 11 is 0. The first kappa shape index (κ1) is 21.9. The Balaban J connectivity index is 1.32. The topological polar surface area (TPSA) is 61.8 Å². The van der Waals surface area contributed by atoms with Crippen LogP contribution in [0.3, 0.4) is 0 Å². The zero-order valence-corrected chi connectivity index (χ0v) is 18.2. The molecule has 6 nitrogen and oxygen atoms in total. The first-order valence-electron chi connectivity index (χ1n) is 11.6. The van der Waals surface area contributed by atoms with Gasteiger partial charge in [0.15, 0.2) is 5.96 Å². The van der Waals surface area contributed by atoms with E-state index in [-0.39, 0.29) is 0 Å². The lowest BCUT2D eigenvalue weighted by molar-refractivity contribution is 0.0277. The van der Waals surface area contributed by atoms with Crippen molar-refractivity contribution in [1.82, 2.24) is 15.6 Å². The van der Waals surface area contributed by atoms with Crippen LogP contribution in [0.5, 0.6) is 0 Å². The molecule has 2 N–H and O–H groups in total. The zero-order valence-electron chi connectivity index (χ0n) is 18.2. The monoisotopic (exact) mass is 401 g/mol. The van der Waals surface area contributed by atoms with Crippen molar-refractivity contribution in [3.05, 3.63) is 23.9 Å². The van der Waals surface area contributed by atoms with Gasteiger partial charge in [-0.05, 0) is 43.7 Å². The Morgan fingerprint density at radius 2 is 1.83 bits per heavy atom. The first-order valence-corrected chi connectivity index (χ1v) is 11.6. The van der Waals surface area contributed by atoms with Gasteiger partial charge in [-0.3, -0.25) is 4.99 Å². The van der Waals surface area contributed by atoms with Crippen LogP contribution in [0.15, 0.2) is 23.3 Å². The summed E-state index contributed by atoms with van der Waals surface area (Å²) in [5.74, 6) is 1.94. The van der Waals surface area contributed by atoms with E-state index in [2.05, 4.69) is 37.6 Å². The van der Waals surface area contributed by atoms with E-state index >= 15 is 0 Å². The summed E-state index contributed by atoms with van der Waals surface area (Å²) < 4.78 is 5.98. The third-order valence-corrected chi connectivity index (χ3v) is 5.94. The molecule has 162 valence electrons. The predicted molar refractivity (Wildman–Crippen MR) is 121 cm³/mol. The highest BCUT2D eigenvalue weighted by molar-refractivity contribution is 5.79. The molecule has 1 saturated heterocycles. The van der Waals surface area contributed by atoms with Crippen LogP contribution < -0.4 is 15.5 Å². The van der Waals surface area contributed by atoms with Gasteiger partial charge in [0, 0.05) is 46.0 Å². The van der Waals surface area contributed by atoms with Crippen molar-refractivity contribution in [1.29, 1.82) is 0 Å². The van der Waals surface area contributed by atoms with Crippen LogP contribution in [0, 0.1) is 0 Å². The fourth-order valence-electron chi connectivity index (χ4n) is 4.18.